The molecular formula is C18H36N2. The number of hydrogen-bond acceptors (Lipinski definition) is 2. The maximum Gasteiger partial charge on any atom is 0.00672 e. The van der Waals surface area contributed by atoms with E-state index in [2.05, 4.69) is 31.0 Å². The second-order valence-electron chi connectivity index (χ2n) is 8.12. The summed E-state index contributed by atoms with van der Waals surface area (Å²) < 4.78 is 0. The molecule has 0 aromatic heterocycles. The molecule has 2 rings (SSSR count). The molecule has 0 bridgehead atoms. The summed E-state index contributed by atoms with van der Waals surface area (Å²) >= 11 is 0. The van der Waals surface area contributed by atoms with Crippen molar-refractivity contribution in [3.63, 3.8) is 0 Å². The van der Waals surface area contributed by atoms with E-state index in [1.807, 2.05) is 0 Å². The van der Waals surface area contributed by atoms with Gasteiger partial charge in [-0.15, -0.1) is 0 Å². The van der Waals surface area contributed by atoms with Crippen molar-refractivity contribution in [3.05, 3.63) is 0 Å². The SMILES string of the molecule is CC1CCN(CCCNC2CCCC(C)(C)CC2)CC1. The molecule has 1 heterocycles. The summed E-state index contributed by atoms with van der Waals surface area (Å²) in [6.45, 7) is 12.5. The molecule has 1 unspecified atom stereocenters. The van der Waals surface area contributed by atoms with E-state index in [-0.39, 0.29) is 0 Å². The van der Waals surface area contributed by atoms with E-state index in [1.54, 1.807) is 0 Å². The summed E-state index contributed by atoms with van der Waals surface area (Å²) in [6, 6.07) is 0.790. The van der Waals surface area contributed by atoms with Crippen molar-refractivity contribution in [1.29, 1.82) is 0 Å². The molecule has 0 aromatic rings. The Balaban J connectivity index is 1.54. The van der Waals surface area contributed by atoms with E-state index in [1.165, 1.54) is 77.5 Å². The minimum absolute atomic E-state index is 0.584. The van der Waals surface area contributed by atoms with Crippen LogP contribution in [0, 0.1) is 11.3 Å². The summed E-state index contributed by atoms with van der Waals surface area (Å²) in [4.78, 5) is 2.66. The van der Waals surface area contributed by atoms with Crippen LogP contribution < -0.4 is 5.32 Å². The number of hydrogen-bond donors (Lipinski definition) is 1. The molecule has 0 amide bonds. The van der Waals surface area contributed by atoms with Gasteiger partial charge in [0.1, 0.15) is 0 Å². The van der Waals surface area contributed by atoms with Gasteiger partial charge in [-0.05, 0) is 82.5 Å². The highest BCUT2D eigenvalue weighted by Crippen LogP contribution is 2.33. The van der Waals surface area contributed by atoms with Crippen LogP contribution in [0.25, 0.3) is 0 Å². The molecule has 118 valence electrons. The van der Waals surface area contributed by atoms with Gasteiger partial charge < -0.3 is 10.2 Å². The molecule has 2 nitrogen and oxygen atoms in total. The molecule has 2 fully saturated rings. The second-order valence-corrected chi connectivity index (χ2v) is 8.12. The smallest absolute Gasteiger partial charge is 0.00672 e. The van der Waals surface area contributed by atoms with Crippen LogP contribution in [0.1, 0.15) is 72.1 Å². The predicted molar refractivity (Wildman–Crippen MR) is 88.1 cm³/mol. The van der Waals surface area contributed by atoms with Crippen LogP contribution in [-0.2, 0) is 0 Å². The van der Waals surface area contributed by atoms with Crippen molar-refractivity contribution >= 4 is 0 Å². The molecular weight excluding hydrogens is 244 g/mol. The summed E-state index contributed by atoms with van der Waals surface area (Å²) in [5.74, 6) is 0.957. The Bertz CT molecular complexity index is 267. The Labute approximate surface area is 126 Å². The summed E-state index contributed by atoms with van der Waals surface area (Å²) in [6.07, 6.45) is 11.1. The predicted octanol–water partition coefficient (Wildman–Crippen LogP) is 4.06. The first-order valence-electron chi connectivity index (χ1n) is 9.01. The highest BCUT2D eigenvalue weighted by molar-refractivity contribution is 4.79. The molecule has 0 radical (unpaired) electrons. The highest BCUT2D eigenvalue weighted by Gasteiger charge is 2.23. The van der Waals surface area contributed by atoms with Gasteiger partial charge in [0.05, 0.1) is 0 Å². The number of rotatable bonds is 5. The number of nitrogens with one attached hydrogen (secondary N) is 1. The second kappa shape index (κ2) is 7.79. The van der Waals surface area contributed by atoms with Gasteiger partial charge in [-0.3, -0.25) is 0 Å². The third-order valence-corrected chi connectivity index (χ3v) is 5.54. The van der Waals surface area contributed by atoms with Crippen molar-refractivity contribution in [2.75, 3.05) is 26.2 Å². The Kier molecular flexibility index (Phi) is 6.35. The Morgan fingerprint density at radius 1 is 1.05 bits per heavy atom. The van der Waals surface area contributed by atoms with E-state index >= 15 is 0 Å². The van der Waals surface area contributed by atoms with E-state index in [9.17, 15) is 0 Å². The summed E-state index contributed by atoms with van der Waals surface area (Å²) in [5.41, 5.74) is 0.584. The van der Waals surface area contributed by atoms with Crippen LogP contribution in [0.15, 0.2) is 0 Å². The van der Waals surface area contributed by atoms with Crippen molar-refractivity contribution in [3.8, 4) is 0 Å². The van der Waals surface area contributed by atoms with Gasteiger partial charge in [0.15, 0.2) is 0 Å². The lowest BCUT2D eigenvalue weighted by atomic mass is 9.85. The van der Waals surface area contributed by atoms with Gasteiger partial charge >= 0.3 is 0 Å². The summed E-state index contributed by atoms with van der Waals surface area (Å²) in [7, 11) is 0. The van der Waals surface area contributed by atoms with Crippen LogP contribution in [0.2, 0.25) is 0 Å². The highest BCUT2D eigenvalue weighted by atomic mass is 15.1. The average Bonchev–Trinajstić information content (AvgIpc) is 2.58. The lowest BCUT2D eigenvalue weighted by molar-refractivity contribution is 0.189. The van der Waals surface area contributed by atoms with Crippen LogP contribution in [-0.4, -0.2) is 37.1 Å². The Hall–Kier alpha value is -0.0800. The van der Waals surface area contributed by atoms with Crippen molar-refractivity contribution in [2.24, 2.45) is 11.3 Å². The Morgan fingerprint density at radius 3 is 2.55 bits per heavy atom. The normalized spacial score (nSPS) is 29.2. The van der Waals surface area contributed by atoms with Gasteiger partial charge in [-0.1, -0.05) is 27.2 Å². The van der Waals surface area contributed by atoms with E-state index in [0.717, 1.165) is 12.0 Å². The van der Waals surface area contributed by atoms with E-state index in [4.69, 9.17) is 0 Å². The van der Waals surface area contributed by atoms with Crippen molar-refractivity contribution in [1.82, 2.24) is 10.2 Å². The van der Waals surface area contributed by atoms with Crippen LogP contribution in [0.5, 0.6) is 0 Å². The summed E-state index contributed by atoms with van der Waals surface area (Å²) in [5, 5.41) is 3.82. The number of likely N-dealkylation sites (tertiary alicyclic amines) is 1. The monoisotopic (exact) mass is 280 g/mol. The molecule has 2 heteroatoms. The minimum Gasteiger partial charge on any atom is -0.314 e. The fraction of sp³-hybridized carbons (Fsp3) is 1.00. The molecule has 1 N–H and O–H groups in total. The zero-order valence-electron chi connectivity index (χ0n) is 14.1. The first-order chi connectivity index (χ1) is 9.55. The lowest BCUT2D eigenvalue weighted by Crippen LogP contribution is -2.36. The fourth-order valence-corrected chi connectivity index (χ4v) is 3.76. The van der Waals surface area contributed by atoms with Crippen LogP contribution in [0.4, 0.5) is 0 Å². The zero-order valence-corrected chi connectivity index (χ0v) is 14.1. The molecule has 2 aliphatic rings. The molecule has 0 aromatic carbocycles. The van der Waals surface area contributed by atoms with Crippen molar-refractivity contribution < 1.29 is 0 Å². The fourth-order valence-electron chi connectivity index (χ4n) is 3.76. The largest absolute Gasteiger partial charge is 0.314 e. The molecule has 1 saturated heterocycles. The third kappa shape index (κ3) is 5.73. The van der Waals surface area contributed by atoms with E-state index < -0.39 is 0 Å². The van der Waals surface area contributed by atoms with Gasteiger partial charge in [-0.25, -0.2) is 0 Å². The first-order valence-corrected chi connectivity index (χ1v) is 9.01. The third-order valence-electron chi connectivity index (χ3n) is 5.54. The van der Waals surface area contributed by atoms with Gasteiger partial charge in [0.2, 0.25) is 0 Å². The van der Waals surface area contributed by atoms with Gasteiger partial charge in [0.25, 0.3) is 0 Å². The van der Waals surface area contributed by atoms with Gasteiger partial charge in [0, 0.05) is 6.04 Å². The van der Waals surface area contributed by atoms with E-state index in [0.29, 0.717) is 5.41 Å². The lowest BCUT2D eigenvalue weighted by Gasteiger charge is -2.30. The molecule has 1 aliphatic heterocycles. The zero-order chi connectivity index (χ0) is 14.4. The maximum atomic E-state index is 3.82. The molecule has 1 aliphatic carbocycles. The quantitative estimate of drug-likeness (QED) is 0.603. The number of nitrogens with zero attached hydrogens (tertiary/aromatic N) is 1. The number of piperidine rings is 1. The first kappa shape index (κ1) is 16.3. The average molecular weight is 280 g/mol. The maximum absolute atomic E-state index is 3.82. The topological polar surface area (TPSA) is 15.3 Å². The minimum atomic E-state index is 0.584. The standard InChI is InChI=1S/C18H36N2/c1-16-8-14-20(15-9-16)13-5-12-19-17-6-4-10-18(2,3)11-7-17/h16-17,19H,4-15H2,1-3H3. The van der Waals surface area contributed by atoms with Crippen LogP contribution >= 0.6 is 0 Å². The Morgan fingerprint density at radius 2 is 1.80 bits per heavy atom. The van der Waals surface area contributed by atoms with Crippen LogP contribution in [0.3, 0.4) is 0 Å². The molecule has 0 spiro atoms. The van der Waals surface area contributed by atoms with Gasteiger partial charge in [-0.2, -0.15) is 0 Å². The molecule has 20 heavy (non-hydrogen) atoms. The molecule has 1 saturated carbocycles. The molecule has 1 atom stereocenters. The van der Waals surface area contributed by atoms with Crippen molar-refractivity contribution in [2.45, 2.75) is 78.2 Å².